The normalized spacial score (nSPS) is 30.1. The van der Waals surface area contributed by atoms with Crippen LogP contribution in [-0.2, 0) is 6.42 Å². The van der Waals surface area contributed by atoms with E-state index in [0.717, 1.165) is 5.92 Å². The van der Waals surface area contributed by atoms with Gasteiger partial charge in [0.05, 0.1) is 0 Å². The molecule has 0 radical (unpaired) electrons. The molecule has 0 heterocycles. The molecule has 3 N–H and O–H groups in total. The Morgan fingerprint density at radius 1 is 1.44 bits per heavy atom. The van der Waals surface area contributed by atoms with E-state index in [2.05, 4.69) is 34.6 Å². The highest BCUT2D eigenvalue weighted by Crippen LogP contribution is 2.56. The molecule has 16 heavy (non-hydrogen) atoms. The topological polar surface area (TPSA) is 50.4 Å². The number of aliphatic imine (C=N–C) groups is 1. The van der Waals surface area contributed by atoms with Gasteiger partial charge >= 0.3 is 0 Å². The fourth-order valence-corrected chi connectivity index (χ4v) is 2.78. The molecule has 0 aromatic heterocycles. The van der Waals surface area contributed by atoms with Gasteiger partial charge in [-0.1, -0.05) is 24.3 Å². The molecular formula is C12H16IN3. The maximum absolute atomic E-state index is 5.68. The lowest BCUT2D eigenvalue weighted by Crippen LogP contribution is -2.35. The highest BCUT2D eigenvalue weighted by atomic mass is 127. The van der Waals surface area contributed by atoms with Gasteiger partial charge in [-0.3, -0.25) is 4.99 Å². The molecule has 3 unspecified atom stereocenters. The molecule has 86 valence electrons. The fraction of sp³-hybridized carbons (Fsp3) is 0.417. The summed E-state index contributed by atoms with van der Waals surface area (Å²) in [7, 11) is 1.72. The summed E-state index contributed by atoms with van der Waals surface area (Å²) in [5.41, 5.74) is 8.69. The molecule has 0 bridgehead atoms. The van der Waals surface area contributed by atoms with Crippen molar-refractivity contribution in [2.75, 3.05) is 7.05 Å². The van der Waals surface area contributed by atoms with E-state index in [1.54, 1.807) is 7.05 Å². The van der Waals surface area contributed by atoms with Gasteiger partial charge < -0.3 is 11.1 Å². The van der Waals surface area contributed by atoms with Crippen molar-refractivity contribution in [3.63, 3.8) is 0 Å². The zero-order chi connectivity index (χ0) is 10.4. The van der Waals surface area contributed by atoms with E-state index < -0.39 is 0 Å². The van der Waals surface area contributed by atoms with E-state index >= 15 is 0 Å². The van der Waals surface area contributed by atoms with Crippen LogP contribution in [0.1, 0.15) is 17.0 Å². The van der Waals surface area contributed by atoms with Crippen molar-refractivity contribution >= 4 is 29.9 Å². The van der Waals surface area contributed by atoms with Crippen LogP contribution < -0.4 is 11.1 Å². The molecule has 1 fully saturated rings. The van der Waals surface area contributed by atoms with Gasteiger partial charge in [-0.25, -0.2) is 0 Å². The van der Waals surface area contributed by atoms with Crippen molar-refractivity contribution in [1.29, 1.82) is 0 Å². The van der Waals surface area contributed by atoms with Gasteiger partial charge in [0.1, 0.15) is 0 Å². The molecule has 3 atom stereocenters. The van der Waals surface area contributed by atoms with Crippen molar-refractivity contribution in [3.8, 4) is 0 Å². The van der Waals surface area contributed by atoms with Gasteiger partial charge in [0.25, 0.3) is 0 Å². The first-order chi connectivity index (χ1) is 7.31. The van der Waals surface area contributed by atoms with Gasteiger partial charge in [-0.2, -0.15) is 0 Å². The minimum Gasteiger partial charge on any atom is -0.370 e. The maximum atomic E-state index is 5.68. The van der Waals surface area contributed by atoms with Crippen LogP contribution in [0.5, 0.6) is 0 Å². The molecule has 3 rings (SSSR count). The third-order valence-corrected chi connectivity index (χ3v) is 3.59. The predicted octanol–water partition coefficient (Wildman–Crippen LogP) is 1.48. The molecule has 3 nitrogen and oxygen atoms in total. The van der Waals surface area contributed by atoms with Crippen LogP contribution in [0.25, 0.3) is 0 Å². The molecule has 1 aromatic rings. The third-order valence-electron chi connectivity index (χ3n) is 3.59. The third kappa shape index (κ3) is 1.69. The lowest BCUT2D eigenvalue weighted by Gasteiger charge is -2.09. The summed E-state index contributed by atoms with van der Waals surface area (Å²) in [4.78, 5) is 3.94. The van der Waals surface area contributed by atoms with Gasteiger partial charge in [-0.15, -0.1) is 24.0 Å². The molecule has 1 aromatic carbocycles. The van der Waals surface area contributed by atoms with Crippen LogP contribution >= 0.6 is 24.0 Å². The summed E-state index contributed by atoms with van der Waals surface area (Å²) >= 11 is 0. The average Bonchev–Trinajstić information content (AvgIpc) is 2.77. The standard InChI is InChI=1S/C12H15N3.HI/c1-14-12(13)15-11-9-6-7-4-2-3-5-8(7)10(9)11;/h2-5,9-11H,6H2,1H3,(H3,13,14,15);1H. The van der Waals surface area contributed by atoms with E-state index in [4.69, 9.17) is 5.73 Å². The Morgan fingerprint density at radius 3 is 2.94 bits per heavy atom. The van der Waals surface area contributed by atoms with Gasteiger partial charge in [-0.05, 0) is 23.5 Å². The zero-order valence-corrected chi connectivity index (χ0v) is 11.5. The number of nitrogens with two attached hydrogens (primary N) is 1. The molecule has 0 spiro atoms. The highest BCUT2D eigenvalue weighted by Gasteiger charge is 2.55. The van der Waals surface area contributed by atoms with Gasteiger partial charge in [0, 0.05) is 19.0 Å². The van der Waals surface area contributed by atoms with E-state index in [0.29, 0.717) is 17.9 Å². The number of hydrogen-bond donors (Lipinski definition) is 2. The maximum Gasteiger partial charge on any atom is 0.188 e. The number of benzene rings is 1. The minimum atomic E-state index is 0. The summed E-state index contributed by atoms with van der Waals surface area (Å²) in [6.07, 6.45) is 1.19. The molecule has 4 heteroatoms. The van der Waals surface area contributed by atoms with Crippen molar-refractivity contribution in [2.24, 2.45) is 16.6 Å². The van der Waals surface area contributed by atoms with Crippen LogP contribution in [0, 0.1) is 5.92 Å². The Bertz CT molecular complexity index is 430. The van der Waals surface area contributed by atoms with Crippen LogP contribution in [0.2, 0.25) is 0 Å². The van der Waals surface area contributed by atoms with Crippen molar-refractivity contribution < 1.29 is 0 Å². The monoisotopic (exact) mass is 329 g/mol. The van der Waals surface area contributed by atoms with Crippen LogP contribution in [0.3, 0.4) is 0 Å². The van der Waals surface area contributed by atoms with Crippen molar-refractivity contribution in [1.82, 2.24) is 5.32 Å². The predicted molar refractivity (Wildman–Crippen MR) is 76.3 cm³/mol. The molecular weight excluding hydrogens is 313 g/mol. The highest BCUT2D eigenvalue weighted by molar-refractivity contribution is 14.0. The minimum absolute atomic E-state index is 0. The summed E-state index contributed by atoms with van der Waals surface area (Å²) in [5.74, 6) is 1.97. The van der Waals surface area contributed by atoms with E-state index in [9.17, 15) is 0 Å². The number of nitrogens with one attached hydrogen (secondary N) is 1. The molecule has 0 aliphatic heterocycles. The first-order valence-electron chi connectivity index (χ1n) is 5.38. The van der Waals surface area contributed by atoms with Gasteiger partial charge in [0.2, 0.25) is 0 Å². The molecule has 2 aliphatic rings. The first kappa shape index (κ1) is 11.7. The number of rotatable bonds is 1. The van der Waals surface area contributed by atoms with Crippen LogP contribution in [0.15, 0.2) is 29.3 Å². The fourth-order valence-electron chi connectivity index (χ4n) is 2.78. The summed E-state index contributed by atoms with van der Waals surface area (Å²) in [6.45, 7) is 0. The lowest BCUT2D eigenvalue weighted by molar-refractivity contribution is 0.743. The largest absolute Gasteiger partial charge is 0.370 e. The molecule has 0 saturated heterocycles. The smallest absolute Gasteiger partial charge is 0.188 e. The lowest BCUT2D eigenvalue weighted by atomic mass is 10.1. The number of fused-ring (bicyclic) bond motifs is 3. The number of hydrogen-bond acceptors (Lipinski definition) is 1. The molecule has 0 amide bonds. The second kappa shape index (κ2) is 4.24. The molecule has 2 aliphatic carbocycles. The second-order valence-corrected chi connectivity index (χ2v) is 4.37. The van der Waals surface area contributed by atoms with Crippen LogP contribution in [-0.4, -0.2) is 19.0 Å². The van der Waals surface area contributed by atoms with Gasteiger partial charge in [0.15, 0.2) is 5.96 Å². The number of nitrogens with zero attached hydrogens (tertiary/aromatic N) is 1. The zero-order valence-electron chi connectivity index (χ0n) is 9.18. The van der Waals surface area contributed by atoms with E-state index in [-0.39, 0.29) is 24.0 Å². The molecule has 1 saturated carbocycles. The second-order valence-electron chi connectivity index (χ2n) is 4.37. The Morgan fingerprint density at radius 2 is 2.19 bits per heavy atom. The summed E-state index contributed by atoms with van der Waals surface area (Å²) in [5, 5.41) is 3.27. The Labute approximate surface area is 113 Å². The Kier molecular flexibility index (Phi) is 3.10. The van der Waals surface area contributed by atoms with Crippen molar-refractivity contribution in [2.45, 2.75) is 18.4 Å². The van der Waals surface area contributed by atoms with E-state index in [1.165, 1.54) is 17.5 Å². The summed E-state index contributed by atoms with van der Waals surface area (Å²) < 4.78 is 0. The Balaban J connectivity index is 0.000000963. The van der Waals surface area contributed by atoms with Crippen LogP contribution in [0.4, 0.5) is 0 Å². The van der Waals surface area contributed by atoms with E-state index in [1.807, 2.05) is 0 Å². The number of halogens is 1. The SMILES string of the molecule is CN=C(N)NC1C2Cc3ccccc3C21.I. The quantitative estimate of drug-likeness (QED) is 0.466. The number of guanidine groups is 1. The average molecular weight is 329 g/mol. The van der Waals surface area contributed by atoms with Crippen molar-refractivity contribution in [3.05, 3.63) is 35.4 Å². The Hall–Kier alpha value is -0.780. The summed E-state index contributed by atoms with van der Waals surface area (Å²) in [6, 6.07) is 9.22. The first-order valence-corrected chi connectivity index (χ1v) is 5.38.